The molecule has 0 aliphatic carbocycles. The maximum absolute atomic E-state index is 13.1. The normalized spacial score (nSPS) is 11.8. The van der Waals surface area contributed by atoms with E-state index in [1.807, 2.05) is 13.8 Å². The van der Waals surface area contributed by atoms with Crippen molar-refractivity contribution in [3.63, 3.8) is 0 Å². The van der Waals surface area contributed by atoms with Crippen LogP contribution in [0.15, 0.2) is 42.6 Å². The Hall–Kier alpha value is -3.74. The SMILES string of the molecule is [C-]#[N+]C(C)(C)c1cc(Nc2cc(NC(C)C)nc(-c3cccc(C(F)(F)F)n3)n2)ccn1. The van der Waals surface area contributed by atoms with E-state index in [2.05, 4.69) is 35.4 Å². The van der Waals surface area contributed by atoms with Gasteiger partial charge in [0.1, 0.15) is 28.7 Å². The predicted octanol–water partition coefficient (Wildman–Crippen LogP) is 5.67. The monoisotopic (exact) mass is 441 g/mol. The summed E-state index contributed by atoms with van der Waals surface area (Å²) in [5, 5.41) is 6.26. The maximum Gasteiger partial charge on any atom is 0.433 e. The van der Waals surface area contributed by atoms with Gasteiger partial charge in [-0.3, -0.25) is 4.98 Å². The van der Waals surface area contributed by atoms with Gasteiger partial charge in [0.05, 0.1) is 0 Å². The lowest BCUT2D eigenvalue weighted by atomic mass is 10.0. The van der Waals surface area contributed by atoms with E-state index in [1.54, 1.807) is 38.2 Å². The number of anilines is 3. The highest BCUT2D eigenvalue weighted by molar-refractivity contribution is 5.64. The Bertz CT molecular complexity index is 1150. The van der Waals surface area contributed by atoms with Crippen LogP contribution in [-0.4, -0.2) is 26.0 Å². The molecule has 0 aliphatic rings. The Balaban J connectivity index is 2.03. The zero-order chi connectivity index (χ0) is 23.5. The summed E-state index contributed by atoms with van der Waals surface area (Å²) in [6.45, 7) is 14.7. The summed E-state index contributed by atoms with van der Waals surface area (Å²) < 4.78 is 39.3. The molecule has 0 saturated carbocycles. The molecule has 166 valence electrons. The van der Waals surface area contributed by atoms with Gasteiger partial charge in [-0.2, -0.15) is 13.2 Å². The fourth-order valence-corrected chi connectivity index (χ4v) is 2.76. The summed E-state index contributed by atoms with van der Waals surface area (Å²) in [4.78, 5) is 20.2. The average molecular weight is 441 g/mol. The van der Waals surface area contributed by atoms with Gasteiger partial charge in [-0.05, 0) is 38.1 Å². The molecule has 3 aromatic heterocycles. The summed E-state index contributed by atoms with van der Waals surface area (Å²) >= 11 is 0. The van der Waals surface area contributed by atoms with Gasteiger partial charge in [-0.1, -0.05) is 6.07 Å². The smallest absolute Gasteiger partial charge is 0.368 e. The van der Waals surface area contributed by atoms with Crippen molar-refractivity contribution in [2.45, 2.75) is 45.5 Å². The molecule has 3 heterocycles. The highest BCUT2D eigenvalue weighted by Gasteiger charge is 2.32. The second kappa shape index (κ2) is 8.78. The highest BCUT2D eigenvalue weighted by Crippen LogP contribution is 2.30. The van der Waals surface area contributed by atoms with Crippen LogP contribution in [0.4, 0.5) is 30.5 Å². The minimum Gasteiger partial charge on any atom is -0.368 e. The van der Waals surface area contributed by atoms with Crippen LogP contribution in [0.5, 0.6) is 0 Å². The Morgan fingerprint density at radius 2 is 1.69 bits per heavy atom. The fourth-order valence-electron chi connectivity index (χ4n) is 2.76. The van der Waals surface area contributed by atoms with Crippen molar-refractivity contribution in [1.29, 1.82) is 0 Å². The van der Waals surface area contributed by atoms with Crippen LogP contribution in [0.1, 0.15) is 39.1 Å². The van der Waals surface area contributed by atoms with E-state index in [0.717, 1.165) is 6.07 Å². The summed E-state index contributed by atoms with van der Waals surface area (Å²) in [6, 6.07) is 8.73. The number of halogens is 3. The molecule has 7 nitrogen and oxygen atoms in total. The van der Waals surface area contributed by atoms with Gasteiger partial charge in [0.2, 0.25) is 0 Å². The molecule has 3 rings (SSSR count). The Kier molecular flexibility index (Phi) is 6.30. The first-order valence-electron chi connectivity index (χ1n) is 9.80. The first-order chi connectivity index (χ1) is 15.0. The zero-order valence-corrected chi connectivity index (χ0v) is 18.0. The number of hydrogen-bond donors (Lipinski definition) is 2. The van der Waals surface area contributed by atoms with Gasteiger partial charge in [-0.25, -0.2) is 21.5 Å². The third-order valence-electron chi connectivity index (χ3n) is 4.37. The lowest BCUT2D eigenvalue weighted by Crippen LogP contribution is -2.14. The zero-order valence-electron chi connectivity index (χ0n) is 18.0. The summed E-state index contributed by atoms with van der Waals surface area (Å²) in [6.07, 6.45) is -3.00. The molecule has 0 amide bonds. The van der Waals surface area contributed by atoms with Crippen molar-refractivity contribution in [3.8, 4) is 11.5 Å². The van der Waals surface area contributed by atoms with Crippen LogP contribution in [0, 0.1) is 6.57 Å². The van der Waals surface area contributed by atoms with Gasteiger partial charge >= 0.3 is 6.18 Å². The Labute approximate surface area is 184 Å². The summed E-state index contributed by atoms with van der Waals surface area (Å²) in [7, 11) is 0. The van der Waals surface area contributed by atoms with Gasteiger partial charge in [0.15, 0.2) is 5.82 Å². The van der Waals surface area contributed by atoms with Crippen LogP contribution < -0.4 is 10.6 Å². The molecule has 0 unspecified atom stereocenters. The molecule has 0 spiro atoms. The minimum atomic E-state index is -4.58. The third kappa shape index (κ3) is 5.49. The van der Waals surface area contributed by atoms with Gasteiger partial charge in [0.25, 0.3) is 5.54 Å². The number of aromatic nitrogens is 4. The lowest BCUT2D eigenvalue weighted by molar-refractivity contribution is -0.141. The standard InChI is InChI=1S/C22H22F3N7/c1-13(2)28-18-12-19(29-14-9-10-27-17(11-14)21(3,4)26-5)32-20(31-18)15-7-6-8-16(30-15)22(23,24)25/h6-13H,1-4H3,(H2,27,28,29,31,32). The molecule has 0 bridgehead atoms. The van der Waals surface area contributed by atoms with Crippen LogP contribution >= 0.6 is 0 Å². The third-order valence-corrected chi connectivity index (χ3v) is 4.37. The Morgan fingerprint density at radius 1 is 0.969 bits per heavy atom. The molecule has 3 aromatic rings. The maximum atomic E-state index is 13.1. The molecule has 2 N–H and O–H groups in total. The quantitative estimate of drug-likeness (QED) is 0.480. The molecule has 10 heteroatoms. The fraction of sp³-hybridized carbons (Fsp3) is 0.318. The Morgan fingerprint density at radius 3 is 2.34 bits per heavy atom. The summed E-state index contributed by atoms with van der Waals surface area (Å²) in [5.41, 5.74) is -0.619. The van der Waals surface area contributed by atoms with Gasteiger partial charge in [0, 0.05) is 37.8 Å². The van der Waals surface area contributed by atoms with Crippen LogP contribution in [0.25, 0.3) is 16.4 Å². The average Bonchev–Trinajstić information content (AvgIpc) is 2.73. The molecule has 0 saturated heterocycles. The highest BCUT2D eigenvalue weighted by atomic mass is 19.4. The number of pyridine rings is 2. The topological polar surface area (TPSA) is 80.0 Å². The molecule has 0 fully saturated rings. The van der Waals surface area contributed by atoms with Crippen molar-refractivity contribution >= 4 is 17.3 Å². The largest absolute Gasteiger partial charge is 0.433 e. The second-order valence-corrected chi connectivity index (χ2v) is 7.89. The second-order valence-electron chi connectivity index (χ2n) is 7.89. The van der Waals surface area contributed by atoms with Gasteiger partial charge in [-0.15, -0.1) is 0 Å². The predicted molar refractivity (Wildman–Crippen MR) is 116 cm³/mol. The number of hydrogen-bond acceptors (Lipinski definition) is 6. The van der Waals surface area contributed by atoms with E-state index in [9.17, 15) is 13.2 Å². The van der Waals surface area contributed by atoms with Crippen molar-refractivity contribution < 1.29 is 13.2 Å². The van der Waals surface area contributed by atoms with E-state index in [4.69, 9.17) is 6.57 Å². The molecule has 0 atom stereocenters. The van der Waals surface area contributed by atoms with Crippen molar-refractivity contribution in [3.05, 3.63) is 65.4 Å². The molecule has 0 radical (unpaired) electrons. The van der Waals surface area contributed by atoms with E-state index in [1.165, 1.54) is 12.1 Å². The van der Waals surface area contributed by atoms with Crippen molar-refractivity contribution in [2.75, 3.05) is 10.6 Å². The molecule has 0 aromatic carbocycles. The molecular formula is C22H22F3N7. The van der Waals surface area contributed by atoms with Crippen LogP contribution in [0.2, 0.25) is 0 Å². The number of nitrogens with one attached hydrogen (secondary N) is 2. The number of rotatable bonds is 6. The minimum absolute atomic E-state index is 0.000150. The molecular weight excluding hydrogens is 419 g/mol. The van der Waals surface area contributed by atoms with Crippen LogP contribution in [0.3, 0.4) is 0 Å². The van der Waals surface area contributed by atoms with E-state index < -0.39 is 17.4 Å². The van der Waals surface area contributed by atoms with Crippen molar-refractivity contribution in [2.24, 2.45) is 0 Å². The van der Waals surface area contributed by atoms with Crippen LogP contribution in [-0.2, 0) is 11.7 Å². The van der Waals surface area contributed by atoms with Crippen molar-refractivity contribution in [1.82, 2.24) is 19.9 Å². The first kappa shape index (κ1) is 22.9. The first-order valence-corrected chi connectivity index (χ1v) is 9.80. The molecule has 0 aliphatic heterocycles. The lowest BCUT2D eigenvalue weighted by Gasteiger charge is -2.15. The van der Waals surface area contributed by atoms with E-state index >= 15 is 0 Å². The number of alkyl halides is 3. The van der Waals surface area contributed by atoms with Gasteiger partial charge < -0.3 is 15.5 Å². The van der Waals surface area contributed by atoms with E-state index in [-0.39, 0.29) is 17.6 Å². The number of nitrogens with zero attached hydrogens (tertiary/aromatic N) is 5. The summed E-state index contributed by atoms with van der Waals surface area (Å²) in [5.74, 6) is 0.831. The van der Waals surface area contributed by atoms with E-state index in [0.29, 0.717) is 23.0 Å². The molecule has 32 heavy (non-hydrogen) atoms.